The summed E-state index contributed by atoms with van der Waals surface area (Å²) in [5, 5.41) is 13.2. The summed E-state index contributed by atoms with van der Waals surface area (Å²) >= 11 is 0. The number of hydrogen-bond donors (Lipinski definition) is 1. The number of rotatable bonds is 3. The van der Waals surface area contributed by atoms with Crippen LogP contribution in [-0.4, -0.2) is 39.9 Å². The van der Waals surface area contributed by atoms with Crippen LogP contribution in [0.25, 0.3) is 0 Å². The zero-order valence-electron chi connectivity index (χ0n) is 10.8. The van der Waals surface area contributed by atoms with E-state index in [9.17, 15) is 31.9 Å². The fourth-order valence-electron chi connectivity index (χ4n) is 1.65. The van der Waals surface area contributed by atoms with Gasteiger partial charge in [-0.2, -0.15) is 18.9 Å². The van der Waals surface area contributed by atoms with E-state index in [0.29, 0.717) is 0 Å². The number of carbonyl (C=O) groups is 1. The maximum atomic E-state index is 13.6. The maximum Gasteiger partial charge on any atom is 0.527 e. The van der Waals surface area contributed by atoms with Crippen LogP contribution in [0.5, 0.6) is 0 Å². The van der Waals surface area contributed by atoms with Crippen LogP contribution in [0.1, 0.15) is 27.2 Å². The van der Waals surface area contributed by atoms with Crippen molar-refractivity contribution in [3.05, 3.63) is 0 Å². The second kappa shape index (κ2) is 4.92. The molecule has 0 aliphatic carbocycles. The Labute approximate surface area is 111 Å². The Balaban J connectivity index is 3.15. The lowest BCUT2D eigenvalue weighted by Crippen LogP contribution is -2.61. The first-order valence-electron chi connectivity index (χ1n) is 5.55. The Morgan fingerprint density at radius 3 is 2.30 bits per heavy atom. The number of halogens is 5. The Bertz CT molecular complexity index is 435. The summed E-state index contributed by atoms with van der Waals surface area (Å²) in [6.07, 6.45) is -11.7. The molecule has 1 aliphatic rings. The number of hydrogen-bond acceptors (Lipinski definition) is 4. The highest BCUT2D eigenvalue weighted by molar-refractivity contribution is 5.89. The molecule has 0 spiro atoms. The zero-order chi connectivity index (χ0) is 15.9. The molecule has 116 valence electrons. The van der Waals surface area contributed by atoms with Crippen LogP contribution in [0.3, 0.4) is 0 Å². The van der Waals surface area contributed by atoms with Crippen LogP contribution in [0.15, 0.2) is 5.10 Å². The van der Waals surface area contributed by atoms with Gasteiger partial charge >= 0.3 is 12.5 Å². The summed E-state index contributed by atoms with van der Waals surface area (Å²) in [5.74, 6) is -1.90. The molecule has 0 aromatic carbocycles. The number of alkyl halides is 5. The van der Waals surface area contributed by atoms with E-state index in [2.05, 4.69) is 9.84 Å². The van der Waals surface area contributed by atoms with E-state index in [1.54, 1.807) is 0 Å². The summed E-state index contributed by atoms with van der Waals surface area (Å²) in [4.78, 5) is 11.7. The summed E-state index contributed by atoms with van der Waals surface area (Å²) in [6.45, 7) is 3.85. The summed E-state index contributed by atoms with van der Waals surface area (Å²) in [7, 11) is 0. The van der Waals surface area contributed by atoms with Crippen LogP contribution < -0.4 is 0 Å². The topological polar surface area (TPSA) is 62.1 Å². The molecule has 0 fully saturated rings. The van der Waals surface area contributed by atoms with E-state index < -0.39 is 36.4 Å². The SMILES string of the molecule is CC1=NN(C(=O)C(C)C)[C@](O)(C(F)(F)OC(F)(F)F)C1. The van der Waals surface area contributed by atoms with E-state index in [4.69, 9.17) is 0 Å². The number of carbonyl (C=O) groups excluding carboxylic acids is 1. The Morgan fingerprint density at radius 2 is 1.90 bits per heavy atom. The molecular formula is C10H13F5N2O3. The van der Waals surface area contributed by atoms with Crippen molar-refractivity contribution in [2.24, 2.45) is 11.0 Å². The molecule has 0 saturated carbocycles. The molecule has 5 nitrogen and oxygen atoms in total. The first-order chi connectivity index (χ1) is 8.80. The molecule has 0 saturated heterocycles. The highest BCUT2D eigenvalue weighted by Gasteiger charge is 2.66. The second-order valence-electron chi connectivity index (χ2n) is 4.70. The average molecular weight is 304 g/mol. The minimum atomic E-state index is -5.68. The Morgan fingerprint density at radius 1 is 1.40 bits per heavy atom. The smallest absolute Gasteiger partial charge is 0.362 e. The lowest BCUT2D eigenvalue weighted by molar-refractivity contribution is -0.469. The number of amides is 1. The fourth-order valence-corrected chi connectivity index (χ4v) is 1.65. The van der Waals surface area contributed by atoms with Crippen LogP contribution in [0.2, 0.25) is 0 Å². The van der Waals surface area contributed by atoms with Gasteiger partial charge in [0.15, 0.2) is 0 Å². The number of aliphatic hydroxyl groups is 1. The molecule has 1 heterocycles. The third-order valence-corrected chi connectivity index (χ3v) is 2.54. The van der Waals surface area contributed by atoms with Gasteiger partial charge in [0.25, 0.3) is 5.72 Å². The molecule has 0 radical (unpaired) electrons. The van der Waals surface area contributed by atoms with Crippen molar-refractivity contribution in [3.63, 3.8) is 0 Å². The zero-order valence-corrected chi connectivity index (χ0v) is 10.8. The van der Waals surface area contributed by atoms with Crippen LogP contribution >= 0.6 is 0 Å². The minimum Gasteiger partial charge on any atom is -0.362 e. The first kappa shape index (κ1) is 16.8. The average Bonchev–Trinajstić information content (AvgIpc) is 2.50. The summed E-state index contributed by atoms with van der Waals surface area (Å²) in [6, 6.07) is 0. The quantitative estimate of drug-likeness (QED) is 0.812. The Kier molecular flexibility index (Phi) is 4.12. The van der Waals surface area contributed by atoms with Gasteiger partial charge in [0, 0.05) is 18.1 Å². The molecule has 0 bridgehead atoms. The molecule has 1 N–H and O–H groups in total. The van der Waals surface area contributed by atoms with Gasteiger partial charge in [0.05, 0.1) is 0 Å². The van der Waals surface area contributed by atoms with E-state index in [1.165, 1.54) is 20.8 Å². The first-order valence-corrected chi connectivity index (χ1v) is 5.55. The van der Waals surface area contributed by atoms with Gasteiger partial charge in [-0.25, -0.2) is 4.74 Å². The molecule has 0 unspecified atom stereocenters. The van der Waals surface area contributed by atoms with Crippen molar-refractivity contribution in [2.75, 3.05) is 0 Å². The maximum absolute atomic E-state index is 13.6. The summed E-state index contributed by atoms with van der Waals surface area (Å²) < 4.78 is 65.9. The summed E-state index contributed by atoms with van der Waals surface area (Å²) in [5.41, 5.74) is -3.62. The van der Waals surface area contributed by atoms with Gasteiger partial charge in [-0.15, -0.1) is 13.2 Å². The lowest BCUT2D eigenvalue weighted by Gasteiger charge is -2.37. The van der Waals surface area contributed by atoms with Crippen molar-refractivity contribution in [1.29, 1.82) is 0 Å². The molecule has 1 amide bonds. The standard InChI is InChI=1S/C10H13F5N2O3/c1-5(2)7(18)17-8(19,4-6(3)16-17)9(11,12)20-10(13,14)15/h5,19H,4H2,1-3H3/t8-/m1/s1. The van der Waals surface area contributed by atoms with Crippen LogP contribution in [0, 0.1) is 5.92 Å². The number of ether oxygens (including phenoxy) is 1. The van der Waals surface area contributed by atoms with Gasteiger partial charge in [0.2, 0.25) is 5.91 Å². The van der Waals surface area contributed by atoms with Crippen molar-refractivity contribution in [2.45, 2.75) is 45.4 Å². The van der Waals surface area contributed by atoms with Crippen LogP contribution in [-0.2, 0) is 9.53 Å². The molecule has 1 aliphatic heterocycles. The molecule has 0 aromatic heterocycles. The molecule has 10 heteroatoms. The largest absolute Gasteiger partial charge is 0.527 e. The molecule has 1 atom stereocenters. The monoisotopic (exact) mass is 304 g/mol. The second-order valence-corrected chi connectivity index (χ2v) is 4.70. The van der Waals surface area contributed by atoms with Gasteiger partial charge in [-0.3, -0.25) is 4.79 Å². The van der Waals surface area contributed by atoms with Crippen molar-refractivity contribution in [1.82, 2.24) is 5.01 Å². The van der Waals surface area contributed by atoms with Crippen molar-refractivity contribution < 1.29 is 36.6 Å². The van der Waals surface area contributed by atoms with Crippen molar-refractivity contribution >= 4 is 11.6 Å². The number of nitrogens with zero attached hydrogens (tertiary/aromatic N) is 2. The predicted molar refractivity (Wildman–Crippen MR) is 56.4 cm³/mol. The molecule has 0 aromatic rings. The van der Waals surface area contributed by atoms with E-state index in [-0.39, 0.29) is 10.7 Å². The van der Waals surface area contributed by atoms with Crippen LogP contribution in [0.4, 0.5) is 22.0 Å². The predicted octanol–water partition coefficient (Wildman–Crippen LogP) is 2.07. The van der Waals surface area contributed by atoms with Gasteiger partial charge in [-0.05, 0) is 6.92 Å². The molecule has 20 heavy (non-hydrogen) atoms. The Hall–Kier alpha value is -1.29. The third-order valence-electron chi connectivity index (χ3n) is 2.54. The van der Waals surface area contributed by atoms with E-state index in [1.807, 2.05) is 0 Å². The highest BCUT2D eigenvalue weighted by Crippen LogP contribution is 2.43. The van der Waals surface area contributed by atoms with Gasteiger partial charge in [-0.1, -0.05) is 13.8 Å². The third kappa shape index (κ3) is 3.06. The van der Waals surface area contributed by atoms with E-state index in [0.717, 1.165) is 0 Å². The van der Waals surface area contributed by atoms with E-state index >= 15 is 0 Å². The molecule has 1 rings (SSSR count). The lowest BCUT2D eigenvalue weighted by atomic mass is 10.0. The van der Waals surface area contributed by atoms with Gasteiger partial charge in [0.1, 0.15) is 0 Å². The minimum absolute atomic E-state index is 0.0429. The number of hydrazone groups is 1. The molecular weight excluding hydrogens is 291 g/mol. The van der Waals surface area contributed by atoms with Gasteiger partial charge < -0.3 is 5.11 Å². The highest BCUT2D eigenvalue weighted by atomic mass is 19.4. The van der Waals surface area contributed by atoms with Crippen molar-refractivity contribution in [3.8, 4) is 0 Å². The fraction of sp³-hybridized carbons (Fsp3) is 0.800. The normalized spacial score (nSPS) is 24.3.